The van der Waals surface area contributed by atoms with Crippen molar-refractivity contribution in [1.29, 1.82) is 0 Å². The van der Waals surface area contributed by atoms with Crippen molar-refractivity contribution in [2.45, 2.75) is 4.90 Å². The molecule has 0 amide bonds. The molecule has 1 aromatic carbocycles. The fourth-order valence-electron chi connectivity index (χ4n) is 1.32. The molecule has 0 aliphatic heterocycles. The second kappa shape index (κ2) is 4.79. The van der Waals surface area contributed by atoms with Crippen molar-refractivity contribution in [2.75, 3.05) is 10.5 Å². The van der Waals surface area contributed by atoms with Crippen LogP contribution < -0.4 is 10.5 Å². The minimum atomic E-state index is -3.79. The van der Waals surface area contributed by atoms with E-state index in [1.165, 1.54) is 24.4 Å². The van der Waals surface area contributed by atoms with Crippen molar-refractivity contribution < 1.29 is 8.42 Å². The molecule has 6 nitrogen and oxygen atoms in total. The second-order valence-corrected chi connectivity index (χ2v) is 5.39. The number of anilines is 2. The lowest BCUT2D eigenvalue weighted by molar-refractivity contribution is 0.601. The Morgan fingerprint density at radius 3 is 2.61 bits per heavy atom. The van der Waals surface area contributed by atoms with Crippen molar-refractivity contribution in [3.63, 3.8) is 0 Å². The SMILES string of the molecule is Nc1ccccc1S(=O)(=O)Nc1ccnnc1Cl. The molecular formula is C10H9ClN4O2S. The van der Waals surface area contributed by atoms with Gasteiger partial charge in [-0.15, -0.1) is 5.10 Å². The number of sulfonamides is 1. The minimum Gasteiger partial charge on any atom is -0.398 e. The predicted octanol–water partition coefficient (Wildman–Crippen LogP) is 1.51. The molecule has 0 saturated carbocycles. The fourth-order valence-corrected chi connectivity index (χ4v) is 2.73. The van der Waals surface area contributed by atoms with E-state index in [0.717, 1.165) is 0 Å². The van der Waals surface area contributed by atoms with E-state index in [4.69, 9.17) is 17.3 Å². The molecule has 0 aliphatic rings. The lowest BCUT2D eigenvalue weighted by atomic mass is 10.3. The smallest absolute Gasteiger partial charge is 0.264 e. The van der Waals surface area contributed by atoms with Crippen molar-refractivity contribution in [1.82, 2.24) is 10.2 Å². The first-order chi connectivity index (χ1) is 8.50. The van der Waals surface area contributed by atoms with Crippen LogP contribution in [0.1, 0.15) is 0 Å². The number of para-hydroxylation sites is 1. The zero-order chi connectivity index (χ0) is 13.2. The van der Waals surface area contributed by atoms with Crippen LogP contribution in [-0.4, -0.2) is 18.6 Å². The molecule has 0 atom stereocenters. The van der Waals surface area contributed by atoms with Gasteiger partial charge in [-0.25, -0.2) is 8.42 Å². The Bertz CT molecular complexity index is 675. The number of benzene rings is 1. The molecule has 2 rings (SSSR count). The van der Waals surface area contributed by atoms with Gasteiger partial charge in [0.05, 0.1) is 17.6 Å². The van der Waals surface area contributed by atoms with Gasteiger partial charge in [0.1, 0.15) is 4.90 Å². The zero-order valence-corrected chi connectivity index (χ0v) is 10.6. The number of halogens is 1. The monoisotopic (exact) mass is 284 g/mol. The molecule has 94 valence electrons. The number of nitrogens with two attached hydrogens (primary N) is 1. The molecule has 18 heavy (non-hydrogen) atoms. The van der Waals surface area contributed by atoms with Crippen LogP contribution >= 0.6 is 11.6 Å². The van der Waals surface area contributed by atoms with Crippen molar-refractivity contribution in [3.05, 3.63) is 41.7 Å². The van der Waals surface area contributed by atoms with Gasteiger partial charge in [0.25, 0.3) is 10.0 Å². The number of rotatable bonds is 3. The minimum absolute atomic E-state index is 0.0159. The number of nitrogens with one attached hydrogen (secondary N) is 1. The van der Waals surface area contributed by atoms with E-state index in [1.54, 1.807) is 12.1 Å². The van der Waals surface area contributed by atoms with E-state index < -0.39 is 10.0 Å². The number of aromatic nitrogens is 2. The zero-order valence-electron chi connectivity index (χ0n) is 9.04. The number of nitrogen functional groups attached to an aromatic ring is 1. The van der Waals surface area contributed by atoms with Crippen LogP contribution in [0.25, 0.3) is 0 Å². The lowest BCUT2D eigenvalue weighted by Crippen LogP contribution is -2.15. The third kappa shape index (κ3) is 2.52. The maximum atomic E-state index is 12.1. The average molecular weight is 285 g/mol. The predicted molar refractivity (Wildman–Crippen MR) is 68.7 cm³/mol. The van der Waals surface area contributed by atoms with Gasteiger partial charge in [0.2, 0.25) is 0 Å². The maximum absolute atomic E-state index is 12.1. The first-order valence-corrected chi connectivity index (χ1v) is 6.71. The highest BCUT2D eigenvalue weighted by molar-refractivity contribution is 7.92. The molecule has 0 unspecified atom stereocenters. The summed E-state index contributed by atoms with van der Waals surface area (Å²) in [7, 11) is -3.79. The third-order valence-corrected chi connectivity index (χ3v) is 3.85. The highest BCUT2D eigenvalue weighted by Gasteiger charge is 2.18. The van der Waals surface area contributed by atoms with Crippen molar-refractivity contribution >= 4 is 33.0 Å². The molecule has 3 N–H and O–H groups in total. The van der Waals surface area contributed by atoms with Crippen LogP contribution in [0.5, 0.6) is 0 Å². The Kier molecular flexibility index (Phi) is 3.35. The summed E-state index contributed by atoms with van der Waals surface area (Å²) in [5, 5.41) is 7.03. The normalized spacial score (nSPS) is 11.2. The van der Waals surface area contributed by atoms with Crippen LogP contribution in [-0.2, 0) is 10.0 Å². The summed E-state index contributed by atoms with van der Waals surface area (Å²) in [6, 6.07) is 7.54. The molecule has 0 aliphatic carbocycles. The lowest BCUT2D eigenvalue weighted by Gasteiger charge is -2.10. The van der Waals surface area contributed by atoms with Crippen LogP contribution in [0.3, 0.4) is 0 Å². The summed E-state index contributed by atoms with van der Waals surface area (Å²) in [6.45, 7) is 0. The highest BCUT2D eigenvalue weighted by Crippen LogP contribution is 2.23. The molecule has 2 aromatic rings. The topological polar surface area (TPSA) is 98.0 Å². The van der Waals surface area contributed by atoms with Gasteiger partial charge >= 0.3 is 0 Å². The highest BCUT2D eigenvalue weighted by atomic mass is 35.5. The van der Waals surface area contributed by atoms with E-state index in [0.29, 0.717) is 0 Å². The summed E-state index contributed by atoms with van der Waals surface area (Å²) in [4.78, 5) is -0.0159. The first-order valence-electron chi connectivity index (χ1n) is 4.85. The van der Waals surface area contributed by atoms with Crippen molar-refractivity contribution in [3.8, 4) is 0 Å². The van der Waals surface area contributed by atoms with E-state index in [1.807, 2.05) is 0 Å². The standard InChI is InChI=1S/C10H9ClN4O2S/c11-10-8(5-6-13-14-10)15-18(16,17)9-4-2-1-3-7(9)12/h1-6H,12H2,(H,13,15). The van der Waals surface area contributed by atoms with E-state index >= 15 is 0 Å². The van der Waals surface area contributed by atoms with E-state index in [9.17, 15) is 8.42 Å². The summed E-state index contributed by atoms with van der Waals surface area (Å²) in [6.07, 6.45) is 1.33. The van der Waals surface area contributed by atoms with Gasteiger partial charge in [-0.05, 0) is 18.2 Å². The molecule has 0 fully saturated rings. The quantitative estimate of drug-likeness (QED) is 0.833. The van der Waals surface area contributed by atoms with E-state index in [-0.39, 0.29) is 21.4 Å². The summed E-state index contributed by atoms with van der Waals surface area (Å²) < 4.78 is 26.5. The first kappa shape index (κ1) is 12.6. The van der Waals surface area contributed by atoms with Gasteiger partial charge in [-0.2, -0.15) is 5.10 Å². The molecule has 0 bridgehead atoms. The molecule has 1 aromatic heterocycles. The van der Waals surface area contributed by atoms with Gasteiger partial charge in [-0.1, -0.05) is 23.7 Å². The Morgan fingerprint density at radius 2 is 1.94 bits per heavy atom. The van der Waals surface area contributed by atoms with Gasteiger partial charge in [-0.3, -0.25) is 4.72 Å². The number of hydrogen-bond acceptors (Lipinski definition) is 5. The summed E-state index contributed by atoms with van der Waals surface area (Å²) in [5.74, 6) is 0. The van der Waals surface area contributed by atoms with Gasteiger partial charge < -0.3 is 5.73 Å². The van der Waals surface area contributed by atoms with Gasteiger partial charge in [0, 0.05) is 0 Å². The third-order valence-electron chi connectivity index (χ3n) is 2.13. The fraction of sp³-hybridized carbons (Fsp3) is 0. The molecule has 0 radical (unpaired) electrons. The Morgan fingerprint density at radius 1 is 1.22 bits per heavy atom. The average Bonchev–Trinajstić information content (AvgIpc) is 2.32. The molecule has 8 heteroatoms. The van der Waals surface area contributed by atoms with E-state index in [2.05, 4.69) is 14.9 Å². The van der Waals surface area contributed by atoms with Crippen LogP contribution in [0.4, 0.5) is 11.4 Å². The second-order valence-electron chi connectivity index (χ2n) is 3.38. The van der Waals surface area contributed by atoms with Crippen LogP contribution in [0.2, 0.25) is 5.15 Å². The molecule has 1 heterocycles. The maximum Gasteiger partial charge on any atom is 0.264 e. The summed E-state index contributed by atoms with van der Waals surface area (Å²) >= 11 is 5.73. The molecule has 0 saturated heterocycles. The number of hydrogen-bond donors (Lipinski definition) is 2. The Labute approximate surface area is 109 Å². The van der Waals surface area contributed by atoms with Crippen LogP contribution in [0, 0.1) is 0 Å². The largest absolute Gasteiger partial charge is 0.398 e. The Hall–Kier alpha value is -1.86. The Balaban J connectivity index is 2.40. The molecular weight excluding hydrogens is 276 g/mol. The number of nitrogens with zero attached hydrogens (tertiary/aromatic N) is 2. The molecule has 0 spiro atoms. The van der Waals surface area contributed by atoms with Crippen LogP contribution in [0.15, 0.2) is 41.4 Å². The van der Waals surface area contributed by atoms with Crippen molar-refractivity contribution in [2.24, 2.45) is 0 Å². The van der Waals surface area contributed by atoms with Gasteiger partial charge in [0.15, 0.2) is 5.15 Å². The summed E-state index contributed by atoms with van der Waals surface area (Å²) in [5.41, 5.74) is 5.92.